The van der Waals surface area contributed by atoms with E-state index in [0.717, 1.165) is 37.8 Å². The molecule has 1 atom stereocenters. The van der Waals surface area contributed by atoms with Crippen molar-refractivity contribution in [1.82, 2.24) is 0 Å². The fourth-order valence-corrected chi connectivity index (χ4v) is 4.07. The highest BCUT2D eigenvalue weighted by molar-refractivity contribution is 5.32. The van der Waals surface area contributed by atoms with E-state index in [0.29, 0.717) is 30.2 Å². The Morgan fingerprint density at radius 3 is 1.97 bits per heavy atom. The lowest BCUT2D eigenvalue weighted by atomic mass is 9.82. The molecule has 0 spiro atoms. The summed E-state index contributed by atoms with van der Waals surface area (Å²) in [5.74, 6) is 1.07. The summed E-state index contributed by atoms with van der Waals surface area (Å²) in [6, 6.07) is 4.30. The maximum atomic E-state index is 13.8. The number of benzene rings is 1. The summed E-state index contributed by atoms with van der Waals surface area (Å²) in [6.07, 6.45) is -5.92. The van der Waals surface area contributed by atoms with Gasteiger partial charge < -0.3 is 9.47 Å². The SMILES string of the molecule is CCC(C)c1ccc(C(OCOCCC2CCC(C)CC2)(C(F)(F)F)C(F)(F)F)cc1. The smallest absolute Gasteiger partial charge is 0.355 e. The van der Waals surface area contributed by atoms with E-state index in [1.54, 1.807) is 0 Å². The summed E-state index contributed by atoms with van der Waals surface area (Å²) < 4.78 is 92.5. The molecule has 0 bridgehead atoms. The quantitative estimate of drug-likeness (QED) is 0.216. The number of hydrogen-bond acceptors (Lipinski definition) is 2. The molecule has 1 aliphatic rings. The monoisotopic (exact) mass is 454 g/mol. The number of ether oxygens (including phenoxy) is 2. The number of alkyl halides is 6. The largest absolute Gasteiger partial charge is 0.430 e. The highest BCUT2D eigenvalue weighted by Crippen LogP contribution is 2.53. The topological polar surface area (TPSA) is 18.5 Å². The summed E-state index contributed by atoms with van der Waals surface area (Å²) in [5.41, 5.74) is -4.76. The average molecular weight is 454 g/mol. The highest BCUT2D eigenvalue weighted by Gasteiger charge is 2.73. The fraction of sp³-hybridized carbons (Fsp3) is 0.739. The van der Waals surface area contributed by atoms with Gasteiger partial charge in [-0.05, 0) is 36.2 Å². The zero-order valence-corrected chi connectivity index (χ0v) is 18.3. The van der Waals surface area contributed by atoms with Gasteiger partial charge in [-0.25, -0.2) is 0 Å². The van der Waals surface area contributed by atoms with Crippen LogP contribution in [0.2, 0.25) is 0 Å². The Labute approximate surface area is 180 Å². The zero-order chi connectivity index (χ0) is 23.3. The highest BCUT2D eigenvalue weighted by atomic mass is 19.4. The van der Waals surface area contributed by atoms with Crippen LogP contribution in [0.5, 0.6) is 0 Å². The van der Waals surface area contributed by atoms with Crippen LogP contribution in [0.4, 0.5) is 26.3 Å². The lowest BCUT2D eigenvalue weighted by Gasteiger charge is -2.37. The van der Waals surface area contributed by atoms with Crippen LogP contribution in [0.15, 0.2) is 24.3 Å². The molecule has 178 valence electrons. The summed E-state index contributed by atoms with van der Waals surface area (Å²) in [6.45, 7) is 4.90. The maximum Gasteiger partial charge on any atom is 0.430 e. The van der Waals surface area contributed by atoms with Crippen molar-refractivity contribution < 1.29 is 35.8 Å². The van der Waals surface area contributed by atoms with E-state index in [1.807, 2.05) is 13.8 Å². The van der Waals surface area contributed by atoms with E-state index in [9.17, 15) is 26.3 Å². The third kappa shape index (κ3) is 6.15. The molecule has 31 heavy (non-hydrogen) atoms. The molecule has 1 unspecified atom stereocenters. The van der Waals surface area contributed by atoms with E-state index in [4.69, 9.17) is 4.74 Å². The van der Waals surface area contributed by atoms with Crippen molar-refractivity contribution in [3.63, 3.8) is 0 Å². The summed E-state index contributed by atoms with van der Waals surface area (Å²) in [5, 5.41) is 0. The zero-order valence-electron chi connectivity index (χ0n) is 18.3. The van der Waals surface area contributed by atoms with Gasteiger partial charge in [-0.3, -0.25) is 0 Å². The van der Waals surface area contributed by atoms with Gasteiger partial charge in [-0.2, -0.15) is 26.3 Å². The Balaban J connectivity index is 2.12. The predicted molar refractivity (Wildman–Crippen MR) is 107 cm³/mol. The van der Waals surface area contributed by atoms with Gasteiger partial charge in [0.1, 0.15) is 6.79 Å². The van der Waals surface area contributed by atoms with Crippen LogP contribution in [0.1, 0.15) is 76.3 Å². The maximum absolute atomic E-state index is 13.8. The lowest BCUT2D eigenvalue weighted by Crippen LogP contribution is -2.56. The van der Waals surface area contributed by atoms with Crippen LogP contribution in [-0.4, -0.2) is 25.8 Å². The van der Waals surface area contributed by atoms with Crippen LogP contribution in [0.3, 0.4) is 0 Å². The first-order valence-electron chi connectivity index (χ1n) is 10.9. The van der Waals surface area contributed by atoms with Crippen LogP contribution >= 0.6 is 0 Å². The van der Waals surface area contributed by atoms with E-state index < -0.39 is 30.3 Å². The molecular formula is C23H32F6O2. The van der Waals surface area contributed by atoms with Gasteiger partial charge in [0.15, 0.2) is 0 Å². The minimum absolute atomic E-state index is 0.0206. The first-order chi connectivity index (χ1) is 14.4. The Bertz CT molecular complexity index is 646. The molecule has 8 heteroatoms. The second kappa shape index (κ2) is 10.6. The number of rotatable bonds is 9. The molecule has 0 saturated heterocycles. The molecule has 2 rings (SSSR count). The van der Waals surface area contributed by atoms with Crippen molar-refractivity contribution in [3.05, 3.63) is 35.4 Å². The van der Waals surface area contributed by atoms with Crippen molar-refractivity contribution in [2.75, 3.05) is 13.4 Å². The second-order valence-corrected chi connectivity index (χ2v) is 8.69. The molecule has 1 aromatic carbocycles. The van der Waals surface area contributed by atoms with Gasteiger partial charge in [0.2, 0.25) is 0 Å². The Kier molecular flexibility index (Phi) is 8.85. The number of halogens is 6. The van der Waals surface area contributed by atoms with E-state index in [1.165, 1.54) is 12.1 Å². The van der Waals surface area contributed by atoms with E-state index >= 15 is 0 Å². The van der Waals surface area contributed by atoms with Gasteiger partial charge in [-0.15, -0.1) is 0 Å². The molecular weight excluding hydrogens is 422 g/mol. The van der Waals surface area contributed by atoms with Crippen molar-refractivity contribution in [1.29, 1.82) is 0 Å². The van der Waals surface area contributed by atoms with Gasteiger partial charge in [0, 0.05) is 12.2 Å². The molecule has 1 saturated carbocycles. The molecule has 1 fully saturated rings. The predicted octanol–water partition coefficient (Wildman–Crippen LogP) is 7.73. The summed E-state index contributed by atoms with van der Waals surface area (Å²) >= 11 is 0. The molecule has 2 nitrogen and oxygen atoms in total. The fourth-order valence-electron chi connectivity index (χ4n) is 4.07. The molecule has 0 aromatic heterocycles. The molecule has 0 amide bonds. The summed E-state index contributed by atoms with van der Waals surface area (Å²) in [4.78, 5) is 0. The average Bonchev–Trinajstić information content (AvgIpc) is 2.69. The number of hydrogen-bond donors (Lipinski definition) is 0. The minimum atomic E-state index is -5.70. The molecule has 1 aromatic rings. The van der Waals surface area contributed by atoms with Crippen LogP contribution in [0.25, 0.3) is 0 Å². The van der Waals surface area contributed by atoms with Crippen LogP contribution < -0.4 is 0 Å². The van der Waals surface area contributed by atoms with Crippen molar-refractivity contribution in [2.45, 2.75) is 83.2 Å². The first kappa shape index (κ1) is 26.0. The second-order valence-electron chi connectivity index (χ2n) is 8.69. The van der Waals surface area contributed by atoms with Crippen molar-refractivity contribution in [2.24, 2.45) is 11.8 Å². The van der Waals surface area contributed by atoms with E-state index in [2.05, 4.69) is 11.7 Å². The van der Waals surface area contributed by atoms with Gasteiger partial charge in [0.05, 0.1) is 0 Å². The first-order valence-corrected chi connectivity index (χ1v) is 10.9. The van der Waals surface area contributed by atoms with Crippen molar-refractivity contribution in [3.8, 4) is 0 Å². The Morgan fingerprint density at radius 1 is 0.935 bits per heavy atom. The van der Waals surface area contributed by atoms with Crippen LogP contribution in [0, 0.1) is 11.8 Å². The standard InChI is InChI=1S/C23H32F6O2/c1-4-17(3)19-9-11-20(12-10-19)21(22(24,25)26,23(27,28)29)31-15-30-14-13-18-7-5-16(2)6-8-18/h9-12,16-18H,4-8,13-15H2,1-3H3. The third-order valence-electron chi connectivity index (χ3n) is 6.46. The minimum Gasteiger partial charge on any atom is -0.355 e. The van der Waals surface area contributed by atoms with Crippen LogP contribution in [-0.2, 0) is 15.1 Å². The molecule has 0 N–H and O–H groups in total. The van der Waals surface area contributed by atoms with Crippen molar-refractivity contribution >= 4 is 0 Å². The molecule has 0 radical (unpaired) electrons. The molecule has 0 heterocycles. The normalized spacial score (nSPS) is 21.8. The third-order valence-corrected chi connectivity index (χ3v) is 6.46. The Morgan fingerprint density at radius 2 is 1.48 bits per heavy atom. The van der Waals surface area contributed by atoms with Gasteiger partial charge in [-0.1, -0.05) is 70.7 Å². The Hall–Kier alpha value is -1.28. The molecule has 1 aliphatic carbocycles. The summed E-state index contributed by atoms with van der Waals surface area (Å²) in [7, 11) is 0. The van der Waals surface area contributed by atoms with E-state index in [-0.39, 0.29) is 12.5 Å². The molecule has 0 aliphatic heterocycles. The van der Waals surface area contributed by atoms with Gasteiger partial charge in [0.25, 0.3) is 5.60 Å². The van der Waals surface area contributed by atoms with Gasteiger partial charge >= 0.3 is 12.4 Å². The lowest BCUT2D eigenvalue weighted by molar-refractivity contribution is -0.401.